The Morgan fingerprint density at radius 2 is 2.04 bits per heavy atom. The lowest BCUT2D eigenvalue weighted by molar-refractivity contribution is -0.146. The molecule has 1 aliphatic heterocycles. The second kappa shape index (κ2) is 7.25. The average molecular weight is 369 g/mol. The topological polar surface area (TPSA) is 68.2 Å². The van der Waals surface area contributed by atoms with Crippen LogP contribution >= 0.6 is 11.6 Å². The number of halogens is 1. The number of rotatable bonds is 4. The fraction of sp³-hybridized carbons (Fsp3) is 0.263. The number of nitrogens with zero attached hydrogens (tertiary/aromatic N) is 4. The van der Waals surface area contributed by atoms with Crippen LogP contribution in [0.2, 0.25) is 5.15 Å². The first kappa shape index (κ1) is 16.7. The Balaban J connectivity index is 1.47. The Hall–Kier alpha value is -2.73. The molecule has 2 aromatic heterocycles. The van der Waals surface area contributed by atoms with Crippen LogP contribution in [0.5, 0.6) is 0 Å². The number of carbonyl (C=O) groups is 1. The summed E-state index contributed by atoms with van der Waals surface area (Å²) in [6.07, 6.45) is 4.96. The molecule has 1 saturated heterocycles. The van der Waals surface area contributed by atoms with Crippen molar-refractivity contribution in [1.29, 1.82) is 0 Å². The van der Waals surface area contributed by atoms with E-state index in [0.717, 1.165) is 30.3 Å². The van der Waals surface area contributed by atoms with E-state index in [1.54, 1.807) is 18.5 Å². The van der Waals surface area contributed by atoms with E-state index in [9.17, 15) is 4.79 Å². The molecule has 0 aliphatic carbocycles. The zero-order valence-electron chi connectivity index (χ0n) is 14.0. The SMILES string of the molecule is O=C(OCc1cc2ccccc2nc1Cl)[C@@H]1CCCN1c1ncccn1. The highest BCUT2D eigenvalue weighted by Gasteiger charge is 2.33. The quantitative estimate of drug-likeness (QED) is 0.519. The van der Waals surface area contributed by atoms with Crippen molar-refractivity contribution in [2.45, 2.75) is 25.5 Å². The zero-order chi connectivity index (χ0) is 17.9. The fourth-order valence-electron chi connectivity index (χ4n) is 3.17. The van der Waals surface area contributed by atoms with E-state index in [-0.39, 0.29) is 18.6 Å². The number of hydrogen-bond acceptors (Lipinski definition) is 6. The number of anilines is 1. The molecule has 3 aromatic rings. The molecule has 0 unspecified atom stereocenters. The van der Waals surface area contributed by atoms with E-state index in [1.807, 2.05) is 35.2 Å². The first-order valence-corrected chi connectivity index (χ1v) is 8.84. The standard InChI is InChI=1S/C19H17ClN4O2/c20-17-14(11-13-5-1-2-6-15(13)23-17)12-26-18(25)16-7-3-10-24(16)19-21-8-4-9-22-19/h1-2,4-6,8-9,11,16H,3,7,10,12H2/t16-/m0/s1. The van der Waals surface area contributed by atoms with E-state index in [0.29, 0.717) is 16.7 Å². The van der Waals surface area contributed by atoms with Gasteiger partial charge in [-0.25, -0.2) is 19.7 Å². The second-order valence-electron chi connectivity index (χ2n) is 6.14. The molecular weight excluding hydrogens is 352 g/mol. The summed E-state index contributed by atoms with van der Waals surface area (Å²) >= 11 is 6.24. The van der Waals surface area contributed by atoms with Gasteiger partial charge in [0.05, 0.1) is 5.52 Å². The summed E-state index contributed by atoms with van der Waals surface area (Å²) in [4.78, 5) is 27.3. The maximum absolute atomic E-state index is 12.6. The summed E-state index contributed by atoms with van der Waals surface area (Å²) in [6.45, 7) is 0.831. The van der Waals surface area contributed by atoms with Crippen molar-refractivity contribution >= 4 is 34.4 Å². The van der Waals surface area contributed by atoms with Crippen molar-refractivity contribution in [3.63, 3.8) is 0 Å². The number of benzene rings is 1. The van der Waals surface area contributed by atoms with Gasteiger partial charge in [-0.15, -0.1) is 0 Å². The van der Waals surface area contributed by atoms with E-state index < -0.39 is 0 Å². The van der Waals surface area contributed by atoms with Gasteiger partial charge in [-0.1, -0.05) is 29.8 Å². The summed E-state index contributed by atoms with van der Waals surface area (Å²) < 4.78 is 5.53. The molecule has 1 aromatic carbocycles. The van der Waals surface area contributed by atoms with Gasteiger partial charge < -0.3 is 9.64 Å². The highest BCUT2D eigenvalue weighted by atomic mass is 35.5. The van der Waals surface area contributed by atoms with E-state index >= 15 is 0 Å². The molecule has 1 aliphatic rings. The van der Waals surface area contributed by atoms with E-state index in [2.05, 4.69) is 15.0 Å². The maximum Gasteiger partial charge on any atom is 0.329 e. The van der Waals surface area contributed by atoms with Crippen molar-refractivity contribution in [3.8, 4) is 0 Å². The van der Waals surface area contributed by atoms with Gasteiger partial charge in [0, 0.05) is 29.9 Å². The van der Waals surface area contributed by atoms with Gasteiger partial charge >= 0.3 is 5.97 Å². The van der Waals surface area contributed by atoms with Crippen molar-refractivity contribution < 1.29 is 9.53 Å². The molecule has 1 fully saturated rings. The number of esters is 1. The molecule has 0 spiro atoms. The molecule has 3 heterocycles. The van der Waals surface area contributed by atoms with Crippen LogP contribution in [0.1, 0.15) is 18.4 Å². The van der Waals surface area contributed by atoms with Gasteiger partial charge in [0.15, 0.2) is 0 Å². The van der Waals surface area contributed by atoms with Gasteiger partial charge in [-0.05, 0) is 31.0 Å². The summed E-state index contributed by atoms with van der Waals surface area (Å²) in [5.74, 6) is 0.261. The molecule has 0 radical (unpaired) electrons. The lowest BCUT2D eigenvalue weighted by Crippen LogP contribution is -2.38. The average Bonchev–Trinajstić information content (AvgIpc) is 3.17. The first-order valence-electron chi connectivity index (χ1n) is 8.47. The van der Waals surface area contributed by atoms with Crippen LogP contribution in [0, 0.1) is 0 Å². The van der Waals surface area contributed by atoms with Gasteiger partial charge in [0.25, 0.3) is 0 Å². The Labute approximate surface area is 155 Å². The number of pyridine rings is 1. The number of carbonyl (C=O) groups excluding carboxylic acids is 1. The number of para-hydroxylation sites is 1. The van der Waals surface area contributed by atoms with Crippen molar-refractivity contribution in [2.24, 2.45) is 0 Å². The van der Waals surface area contributed by atoms with Crippen LogP contribution in [0.4, 0.5) is 5.95 Å². The summed E-state index contributed by atoms with van der Waals surface area (Å²) in [5, 5.41) is 1.31. The van der Waals surface area contributed by atoms with E-state index in [4.69, 9.17) is 16.3 Å². The van der Waals surface area contributed by atoms with Crippen LogP contribution in [-0.2, 0) is 16.1 Å². The second-order valence-corrected chi connectivity index (χ2v) is 6.50. The lowest BCUT2D eigenvalue weighted by atomic mass is 10.1. The third-order valence-corrected chi connectivity index (χ3v) is 4.78. The molecule has 0 amide bonds. The Morgan fingerprint density at radius 1 is 1.23 bits per heavy atom. The fourth-order valence-corrected chi connectivity index (χ4v) is 3.37. The highest BCUT2D eigenvalue weighted by molar-refractivity contribution is 6.30. The summed E-state index contributed by atoms with van der Waals surface area (Å²) in [7, 11) is 0. The molecule has 6 nitrogen and oxygen atoms in total. The molecule has 132 valence electrons. The Morgan fingerprint density at radius 3 is 2.88 bits per heavy atom. The molecule has 1 atom stereocenters. The minimum atomic E-state index is -0.371. The number of fused-ring (bicyclic) bond motifs is 1. The monoisotopic (exact) mass is 368 g/mol. The summed E-state index contributed by atoms with van der Waals surface area (Å²) in [5.41, 5.74) is 1.51. The van der Waals surface area contributed by atoms with Crippen LogP contribution in [0.15, 0.2) is 48.8 Å². The Kier molecular flexibility index (Phi) is 4.67. The number of hydrogen-bond donors (Lipinski definition) is 0. The van der Waals surface area contributed by atoms with Gasteiger partial charge in [0.2, 0.25) is 5.95 Å². The third-order valence-electron chi connectivity index (χ3n) is 4.45. The molecular formula is C19H17ClN4O2. The predicted molar refractivity (Wildman–Crippen MR) is 98.9 cm³/mol. The molecule has 0 saturated carbocycles. The molecule has 0 bridgehead atoms. The van der Waals surface area contributed by atoms with Gasteiger partial charge in [-0.2, -0.15) is 0 Å². The Bertz CT molecular complexity index is 935. The van der Waals surface area contributed by atoms with Crippen molar-refractivity contribution in [2.75, 3.05) is 11.4 Å². The summed E-state index contributed by atoms with van der Waals surface area (Å²) in [6, 6.07) is 11.0. The van der Waals surface area contributed by atoms with Crippen LogP contribution < -0.4 is 4.90 Å². The number of ether oxygens (including phenoxy) is 1. The van der Waals surface area contributed by atoms with E-state index in [1.165, 1.54) is 0 Å². The first-order chi connectivity index (χ1) is 12.7. The van der Waals surface area contributed by atoms with Crippen molar-refractivity contribution in [1.82, 2.24) is 15.0 Å². The minimum absolute atomic E-state index is 0.0927. The van der Waals surface area contributed by atoms with Crippen LogP contribution in [-0.4, -0.2) is 33.5 Å². The van der Waals surface area contributed by atoms with Crippen LogP contribution in [0.25, 0.3) is 10.9 Å². The lowest BCUT2D eigenvalue weighted by Gasteiger charge is -2.22. The third kappa shape index (κ3) is 3.32. The molecule has 0 N–H and O–H groups in total. The molecule has 26 heavy (non-hydrogen) atoms. The van der Waals surface area contributed by atoms with Gasteiger partial charge in [0.1, 0.15) is 17.8 Å². The predicted octanol–water partition coefficient (Wildman–Crippen LogP) is 3.39. The maximum atomic E-state index is 12.6. The molecule has 7 heteroatoms. The molecule has 4 rings (SSSR count). The highest BCUT2D eigenvalue weighted by Crippen LogP contribution is 2.25. The van der Waals surface area contributed by atoms with Crippen molar-refractivity contribution in [3.05, 3.63) is 59.5 Å². The van der Waals surface area contributed by atoms with Crippen LogP contribution in [0.3, 0.4) is 0 Å². The largest absolute Gasteiger partial charge is 0.459 e. The van der Waals surface area contributed by atoms with Gasteiger partial charge in [-0.3, -0.25) is 0 Å². The minimum Gasteiger partial charge on any atom is -0.459 e. The zero-order valence-corrected chi connectivity index (χ0v) is 14.8. The number of aromatic nitrogens is 3. The smallest absolute Gasteiger partial charge is 0.329 e. The normalized spacial score (nSPS) is 16.8.